The van der Waals surface area contributed by atoms with Crippen molar-refractivity contribution in [3.8, 4) is 5.75 Å². The van der Waals surface area contributed by atoms with Crippen molar-refractivity contribution in [1.29, 1.82) is 0 Å². The zero-order chi connectivity index (χ0) is 21.3. The molecule has 30 heavy (non-hydrogen) atoms. The molecular formula is C24H16BrCl2NO2. The molecule has 0 spiro atoms. The van der Waals surface area contributed by atoms with Crippen LogP contribution in [-0.4, -0.2) is 13.0 Å². The summed E-state index contributed by atoms with van der Waals surface area (Å²) in [6.45, 7) is 0. The van der Waals surface area contributed by atoms with Crippen molar-refractivity contribution >= 4 is 62.5 Å². The SMILES string of the molecule is COc1ccc(/C=C2\C=C(c3ccccc3)N(c3cccc(Cl)c3Cl)C2=O)cc1Br. The average Bonchev–Trinajstić information content (AvgIpc) is 3.07. The monoisotopic (exact) mass is 499 g/mol. The van der Waals surface area contributed by atoms with E-state index in [-0.39, 0.29) is 5.91 Å². The molecule has 0 aromatic heterocycles. The summed E-state index contributed by atoms with van der Waals surface area (Å²) < 4.78 is 6.10. The van der Waals surface area contributed by atoms with Gasteiger partial charge in [-0.2, -0.15) is 0 Å². The predicted octanol–water partition coefficient (Wildman–Crippen LogP) is 7.24. The molecule has 0 aliphatic carbocycles. The Morgan fingerprint density at radius 2 is 1.77 bits per heavy atom. The number of carbonyl (C=O) groups excluding carboxylic acids is 1. The largest absolute Gasteiger partial charge is 0.496 e. The molecule has 0 N–H and O–H groups in total. The molecule has 4 rings (SSSR count). The molecule has 0 bridgehead atoms. The number of hydrogen-bond acceptors (Lipinski definition) is 2. The Balaban J connectivity index is 1.84. The van der Waals surface area contributed by atoms with Crippen LogP contribution < -0.4 is 9.64 Å². The zero-order valence-electron chi connectivity index (χ0n) is 15.9. The van der Waals surface area contributed by atoms with E-state index < -0.39 is 0 Å². The molecule has 0 atom stereocenters. The summed E-state index contributed by atoms with van der Waals surface area (Å²) in [5.74, 6) is 0.549. The Hall–Kier alpha value is -2.53. The van der Waals surface area contributed by atoms with Crippen molar-refractivity contribution in [2.45, 2.75) is 0 Å². The number of hydrogen-bond donors (Lipinski definition) is 0. The molecule has 0 saturated carbocycles. The van der Waals surface area contributed by atoms with Crippen LogP contribution in [0.4, 0.5) is 5.69 Å². The summed E-state index contributed by atoms with van der Waals surface area (Å²) >= 11 is 16.2. The number of anilines is 1. The average molecular weight is 501 g/mol. The molecule has 1 amide bonds. The van der Waals surface area contributed by atoms with Crippen LogP contribution in [0.3, 0.4) is 0 Å². The van der Waals surface area contributed by atoms with Gasteiger partial charge in [0.2, 0.25) is 0 Å². The highest BCUT2D eigenvalue weighted by molar-refractivity contribution is 9.10. The van der Waals surface area contributed by atoms with Crippen LogP contribution in [0.25, 0.3) is 11.8 Å². The number of halogens is 3. The standard InChI is InChI=1S/C24H16BrCl2NO2/c1-30-22-11-10-15(13-18(22)25)12-17-14-21(16-6-3-2-4-7-16)28(24(17)29)20-9-5-8-19(26)23(20)27/h2-14H,1H3/b17-12+. The number of rotatable bonds is 4. The first-order valence-corrected chi connectivity index (χ1v) is 10.7. The summed E-state index contributed by atoms with van der Waals surface area (Å²) in [6.07, 6.45) is 3.71. The molecule has 0 fully saturated rings. The second-order valence-corrected chi connectivity index (χ2v) is 8.24. The van der Waals surface area contributed by atoms with E-state index in [1.54, 1.807) is 30.2 Å². The van der Waals surface area contributed by atoms with Crippen LogP contribution in [0.2, 0.25) is 10.0 Å². The molecule has 0 saturated heterocycles. The second-order valence-electron chi connectivity index (χ2n) is 6.60. The predicted molar refractivity (Wildman–Crippen MR) is 127 cm³/mol. The van der Waals surface area contributed by atoms with Gasteiger partial charge in [0.05, 0.1) is 33.0 Å². The first kappa shape index (κ1) is 20.7. The number of methoxy groups -OCH3 is 1. The highest BCUT2D eigenvalue weighted by Crippen LogP contribution is 2.41. The lowest BCUT2D eigenvalue weighted by molar-refractivity contribution is -0.113. The number of amides is 1. The third-order valence-corrected chi connectivity index (χ3v) is 6.15. The lowest BCUT2D eigenvalue weighted by Gasteiger charge is -2.22. The minimum atomic E-state index is -0.176. The molecule has 150 valence electrons. The first-order valence-electron chi connectivity index (χ1n) is 9.10. The normalized spacial score (nSPS) is 14.9. The Labute approximate surface area is 193 Å². The molecule has 0 unspecified atom stereocenters. The number of nitrogens with zero attached hydrogens (tertiary/aromatic N) is 1. The van der Waals surface area contributed by atoms with E-state index in [0.717, 1.165) is 27.0 Å². The first-order chi connectivity index (χ1) is 14.5. The molecule has 1 aliphatic rings. The number of carbonyl (C=O) groups is 1. The summed E-state index contributed by atoms with van der Waals surface area (Å²) in [7, 11) is 1.61. The fourth-order valence-electron chi connectivity index (χ4n) is 3.29. The van der Waals surface area contributed by atoms with Crippen LogP contribution in [0.1, 0.15) is 11.1 Å². The van der Waals surface area contributed by atoms with Crippen molar-refractivity contribution in [1.82, 2.24) is 0 Å². The van der Waals surface area contributed by atoms with E-state index in [2.05, 4.69) is 15.9 Å². The Morgan fingerprint density at radius 3 is 2.47 bits per heavy atom. The maximum Gasteiger partial charge on any atom is 0.262 e. The molecule has 0 radical (unpaired) electrons. The van der Waals surface area contributed by atoms with Gasteiger partial charge in [-0.15, -0.1) is 0 Å². The van der Waals surface area contributed by atoms with Crippen LogP contribution >= 0.6 is 39.1 Å². The maximum absolute atomic E-state index is 13.4. The fraction of sp³-hybridized carbons (Fsp3) is 0.0417. The van der Waals surface area contributed by atoms with Gasteiger partial charge in [0.1, 0.15) is 5.75 Å². The van der Waals surface area contributed by atoms with Gasteiger partial charge in [0.25, 0.3) is 5.91 Å². The summed E-state index contributed by atoms with van der Waals surface area (Å²) in [5, 5.41) is 0.730. The smallest absolute Gasteiger partial charge is 0.262 e. The van der Waals surface area contributed by atoms with E-state index in [0.29, 0.717) is 21.3 Å². The molecule has 3 aromatic rings. The van der Waals surface area contributed by atoms with E-state index in [1.807, 2.05) is 60.7 Å². The molecule has 3 nitrogen and oxygen atoms in total. The number of ether oxygens (including phenoxy) is 1. The Bertz CT molecular complexity index is 1190. The van der Waals surface area contributed by atoms with Crippen molar-refractivity contribution in [3.63, 3.8) is 0 Å². The zero-order valence-corrected chi connectivity index (χ0v) is 19.0. The van der Waals surface area contributed by atoms with Crippen LogP contribution in [0.5, 0.6) is 5.75 Å². The summed E-state index contributed by atoms with van der Waals surface area (Å²) in [5.41, 5.74) is 3.60. The van der Waals surface area contributed by atoms with Gasteiger partial charge in [-0.3, -0.25) is 9.69 Å². The van der Waals surface area contributed by atoms with Crippen molar-refractivity contribution in [3.05, 3.63) is 104 Å². The maximum atomic E-state index is 13.4. The quantitative estimate of drug-likeness (QED) is 0.353. The van der Waals surface area contributed by atoms with E-state index in [1.165, 1.54) is 0 Å². The molecule has 1 aliphatic heterocycles. The van der Waals surface area contributed by atoms with E-state index in [4.69, 9.17) is 27.9 Å². The van der Waals surface area contributed by atoms with Gasteiger partial charge in [-0.05, 0) is 63.5 Å². The topological polar surface area (TPSA) is 29.5 Å². The van der Waals surface area contributed by atoms with Gasteiger partial charge in [-0.25, -0.2) is 0 Å². The molecular weight excluding hydrogens is 485 g/mol. The van der Waals surface area contributed by atoms with Crippen molar-refractivity contribution in [2.75, 3.05) is 12.0 Å². The van der Waals surface area contributed by atoms with Gasteiger partial charge in [0, 0.05) is 5.57 Å². The van der Waals surface area contributed by atoms with Crippen LogP contribution in [0, 0.1) is 0 Å². The molecule has 1 heterocycles. The minimum absolute atomic E-state index is 0.176. The second kappa shape index (κ2) is 8.68. The van der Waals surface area contributed by atoms with Gasteiger partial charge in [-0.1, -0.05) is 65.7 Å². The minimum Gasteiger partial charge on any atom is -0.496 e. The Kier molecular flexibility index (Phi) is 6.00. The van der Waals surface area contributed by atoms with Crippen molar-refractivity contribution in [2.24, 2.45) is 0 Å². The third kappa shape index (κ3) is 3.91. The van der Waals surface area contributed by atoms with Gasteiger partial charge in [0.15, 0.2) is 0 Å². The number of benzene rings is 3. The van der Waals surface area contributed by atoms with Crippen molar-refractivity contribution < 1.29 is 9.53 Å². The van der Waals surface area contributed by atoms with Gasteiger partial charge >= 0.3 is 0 Å². The van der Waals surface area contributed by atoms with Crippen LogP contribution in [0.15, 0.2) is 82.9 Å². The lowest BCUT2D eigenvalue weighted by atomic mass is 10.1. The highest BCUT2D eigenvalue weighted by Gasteiger charge is 2.32. The summed E-state index contributed by atoms with van der Waals surface area (Å²) in [4.78, 5) is 15.0. The van der Waals surface area contributed by atoms with Gasteiger partial charge < -0.3 is 4.74 Å². The lowest BCUT2D eigenvalue weighted by Crippen LogP contribution is -2.25. The molecule has 6 heteroatoms. The molecule has 3 aromatic carbocycles. The Morgan fingerprint density at radius 1 is 1.00 bits per heavy atom. The third-order valence-electron chi connectivity index (χ3n) is 4.72. The van der Waals surface area contributed by atoms with Crippen LogP contribution in [-0.2, 0) is 4.79 Å². The van der Waals surface area contributed by atoms with E-state index in [9.17, 15) is 4.79 Å². The fourth-order valence-corrected chi connectivity index (χ4v) is 4.23. The summed E-state index contributed by atoms with van der Waals surface area (Å²) in [6, 6.07) is 20.6. The highest BCUT2D eigenvalue weighted by atomic mass is 79.9. The van der Waals surface area contributed by atoms with E-state index >= 15 is 0 Å².